The summed E-state index contributed by atoms with van der Waals surface area (Å²) in [4.78, 5) is 6.04. The van der Waals surface area contributed by atoms with E-state index < -0.39 is 20.9 Å². The topological polar surface area (TPSA) is 61.8 Å². The number of rotatable bonds is 3. The highest BCUT2D eigenvalue weighted by molar-refractivity contribution is 8.14. The molecule has 0 aromatic heterocycles. The van der Waals surface area contributed by atoms with Crippen molar-refractivity contribution in [2.24, 2.45) is 4.99 Å². The van der Waals surface area contributed by atoms with E-state index in [-0.39, 0.29) is 0 Å². The summed E-state index contributed by atoms with van der Waals surface area (Å²) in [6, 6.07) is 5.79. The van der Waals surface area contributed by atoms with Gasteiger partial charge in [-0.15, -0.1) is 0 Å². The van der Waals surface area contributed by atoms with Crippen LogP contribution in [-0.2, 0) is 22.9 Å². The van der Waals surface area contributed by atoms with E-state index in [2.05, 4.69) is 9.71 Å². The second-order valence-corrected chi connectivity index (χ2v) is 8.99. The minimum atomic E-state index is -3.62. The molecule has 1 aromatic rings. The van der Waals surface area contributed by atoms with Crippen molar-refractivity contribution in [3.05, 3.63) is 29.3 Å². The molecular weight excluding hydrogens is 342 g/mol. The van der Waals surface area contributed by atoms with Crippen LogP contribution in [0.3, 0.4) is 0 Å². The second-order valence-electron chi connectivity index (χ2n) is 5.70. The van der Waals surface area contributed by atoms with Gasteiger partial charge in [-0.05, 0) is 42.5 Å². The molecule has 0 spiro atoms. The van der Waals surface area contributed by atoms with E-state index in [4.69, 9.17) is 11.6 Å². The molecule has 0 bridgehead atoms. The Morgan fingerprint density at radius 1 is 1.32 bits per heavy atom. The first kappa shape index (κ1) is 14.7. The fourth-order valence-corrected chi connectivity index (χ4v) is 6.52. The summed E-state index contributed by atoms with van der Waals surface area (Å²) in [7, 11) is -3.62. The van der Waals surface area contributed by atoms with Crippen LogP contribution in [-0.4, -0.2) is 41.7 Å². The van der Waals surface area contributed by atoms with Gasteiger partial charge in [0.05, 0.1) is 0 Å². The Morgan fingerprint density at radius 2 is 2.14 bits per heavy atom. The third kappa shape index (κ3) is 2.39. The van der Waals surface area contributed by atoms with Crippen LogP contribution >= 0.6 is 23.4 Å². The molecule has 4 rings (SSSR count). The molecule has 1 N–H and O–H groups in total. The van der Waals surface area contributed by atoms with Crippen LogP contribution in [0.5, 0.6) is 0 Å². The molecule has 2 atom stereocenters. The quantitative estimate of drug-likeness (QED) is 0.665. The van der Waals surface area contributed by atoms with Crippen molar-refractivity contribution in [1.82, 2.24) is 4.90 Å². The van der Waals surface area contributed by atoms with Crippen LogP contribution in [0.25, 0.3) is 0 Å². The number of sulfonamides is 1. The van der Waals surface area contributed by atoms with E-state index in [1.54, 1.807) is 16.7 Å². The van der Waals surface area contributed by atoms with Gasteiger partial charge >= 0.3 is 0 Å². The normalized spacial score (nSPS) is 26.8. The lowest BCUT2D eigenvalue weighted by Crippen LogP contribution is -2.44. The number of hydrogen-bond donors (Lipinski definition) is 1. The molecule has 1 aliphatic carbocycles. The Kier molecular flexibility index (Phi) is 3.54. The molecule has 1 saturated heterocycles. The average molecular weight is 358 g/mol. The highest BCUT2D eigenvalue weighted by Crippen LogP contribution is 2.34. The Balaban J connectivity index is 1.59. The van der Waals surface area contributed by atoms with E-state index in [0.717, 1.165) is 30.2 Å². The minimum Gasteiger partial charge on any atom is -0.329 e. The van der Waals surface area contributed by atoms with Crippen LogP contribution in [0.4, 0.5) is 5.69 Å². The van der Waals surface area contributed by atoms with Gasteiger partial charge in [0.15, 0.2) is 16.0 Å². The van der Waals surface area contributed by atoms with E-state index in [1.165, 1.54) is 11.1 Å². The number of anilines is 1. The van der Waals surface area contributed by atoms with E-state index in [0.29, 0.717) is 12.2 Å². The Hall–Kier alpha value is -0.920. The maximum atomic E-state index is 12.7. The van der Waals surface area contributed by atoms with Crippen molar-refractivity contribution in [2.75, 3.05) is 17.0 Å². The first-order valence-corrected chi connectivity index (χ1v) is 10.3. The van der Waals surface area contributed by atoms with Crippen molar-refractivity contribution in [1.29, 1.82) is 0 Å². The predicted octanol–water partition coefficient (Wildman–Crippen LogP) is 2.23. The Bertz CT molecular complexity index is 750. The molecule has 2 aliphatic heterocycles. The number of nitrogens with zero attached hydrogens (tertiary/aromatic N) is 2. The fourth-order valence-electron chi connectivity index (χ4n) is 3.25. The van der Waals surface area contributed by atoms with Gasteiger partial charge in [-0.2, -0.15) is 0 Å². The average Bonchev–Trinajstić information content (AvgIpc) is 3.11. The Morgan fingerprint density at radius 3 is 3.00 bits per heavy atom. The number of fused-ring (bicyclic) bond motifs is 2. The number of amidine groups is 1. The smallest absolute Gasteiger partial charge is 0.257 e. The summed E-state index contributed by atoms with van der Waals surface area (Å²) < 4.78 is 28.2. The standard InChI is InChI=1S/C14H16ClN3O2S2/c15-12-13(18-6-7-21-14(18)16-12)22(19,20)17-11-5-4-9-2-1-3-10(9)8-11/h4-5,8,12-13,17H,1-3,6-7H2. The molecule has 0 amide bonds. The molecule has 118 valence electrons. The second kappa shape index (κ2) is 5.32. The third-order valence-corrected chi connectivity index (χ3v) is 7.40. The monoisotopic (exact) mass is 357 g/mol. The molecule has 3 aliphatic rings. The van der Waals surface area contributed by atoms with Gasteiger partial charge in [0, 0.05) is 18.0 Å². The van der Waals surface area contributed by atoms with Crippen molar-refractivity contribution in [2.45, 2.75) is 30.1 Å². The molecular formula is C14H16ClN3O2S2. The van der Waals surface area contributed by atoms with Gasteiger partial charge in [0.1, 0.15) is 0 Å². The van der Waals surface area contributed by atoms with E-state index in [1.807, 2.05) is 18.2 Å². The fraction of sp³-hybridized carbons (Fsp3) is 0.500. The maximum Gasteiger partial charge on any atom is 0.257 e. The molecule has 0 radical (unpaired) electrons. The molecule has 1 aromatic carbocycles. The first-order valence-electron chi connectivity index (χ1n) is 7.29. The lowest BCUT2D eigenvalue weighted by molar-refractivity contribution is 0.431. The number of aliphatic imine (C=N–C) groups is 1. The van der Waals surface area contributed by atoms with Crippen LogP contribution < -0.4 is 4.72 Å². The number of hydrogen-bond acceptors (Lipinski definition) is 5. The SMILES string of the molecule is O=S(=O)(Nc1ccc2c(c1)CCC2)C1C(Cl)N=C2SCCN21. The molecule has 8 heteroatoms. The summed E-state index contributed by atoms with van der Waals surface area (Å²) in [5, 5.41) is -0.0863. The van der Waals surface area contributed by atoms with Crippen molar-refractivity contribution in [3.63, 3.8) is 0 Å². The molecule has 0 saturated carbocycles. The summed E-state index contributed by atoms with van der Waals surface area (Å²) in [5.41, 5.74) is 2.42. The van der Waals surface area contributed by atoms with Gasteiger partial charge < -0.3 is 4.90 Å². The highest BCUT2D eigenvalue weighted by atomic mass is 35.5. The largest absolute Gasteiger partial charge is 0.329 e. The number of alkyl halides is 1. The van der Waals surface area contributed by atoms with Gasteiger partial charge in [0.2, 0.25) is 0 Å². The van der Waals surface area contributed by atoms with Crippen LogP contribution in [0, 0.1) is 0 Å². The van der Waals surface area contributed by atoms with Crippen LogP contribution in [0.2, 0.25) is 0 Å². The minimum absolute atomic E-state index is 0.616. The maximum absolute atomic E-state index is 12.7. The predicted molar refractivity (Wildman–Crippen MR) is 91.0 cm³/mol. The number of benzene rings is 1. The summed E-state index contributed by atoms with van der Waals surface area (Å²) in [6.07, 6.45) is 3.24. The van der Waals surface area contributed by atoms with E-state index in [9.17, 15) is 8.42 Å². The Labute approximate surface area is 139 Å². The van der Waals surface area contributed by atoms with Crippen LogP contribution in [0.15, 0.2) is 23.2 Å². The lowest BCUT2D eigenvalue weighted by Gasteiger charge is -2.24. The van der Waals surface area contributed by atoms with Gasteiger partial charge in [-0.3, -0.25) is 4.72 Å². The number of nitrogens with one attached hydrogen (secondary N) is 1. The summed E-state index contributed by atoms with van der Waals surface area (Å²) >= 11 is 7.72. The molecule has 22 heavy (non-hydrogen) atoms. The molecule has 2 heterocycles. The zero-order valence-corrected chi connectivity index (χ0v) is 14.2. The number of aryl methyl sites for hydroxylation is 2. The van der Waals surface area contributed by atoms with E-state index >= 15 is 0 Å². The molecule has 5 nitrogen and oxygen atoms in total. The van der Waals surface area contributed by atoms with Gasteiger partial charge in [-0.25, -0.2) is 13.4 Å². The van der Waals surface area contributed by atoms with Crippen molar-refractivity contribution in [3.8, 4) is 0 Å². The van der Waals surface area contributed by atoms with Crippen LogP contribution in [0.1, 0.15) is 17.5 Å². The lowest BCUT2D eigenvalue weighted by atomic mass is 10.1. The highest BCUT2D eigenvalue weighted by Gasteiger charge is 2.46. The first-order chi connectivity index (χ1) is 10.5. The zero-order valence-electron chi connectivity index (χ0n) is 11.8. The summed E-state index contributed by atoms with van der Waals surface area (Å²) in [5.74, 6) is 0.854. The van der Waals surface area contributed by atoms with Gasteiger partial charge in [0.25, 0.3) is 10.0 Å². The molecule has 1 fully saturated rings. The van der Waals surface area contributed by atoms with Gasteiger partial charge in [-0.1, -0.05) is 29.4 Å². The number of thioether (sulfide) groups is 1. The molecule has 2 unspecified atom stereocenters. The third-order valence-electron chi connectivity index (χ3n) is 4.26. The van der Waals surface area contributed by atoms with Crippen molar-refractivity contribution < 1.29 is 8.42 Å². The van der Waals surface area contributed by atoms with Crippen molar-refractivity contribution >= 4 is 44.2 Å². The number of halogens is 1. The summed E-state index contributed by atoms with van der Waals surface area (Å²) in [6.45, 7) is 0.669. The zero-order chi connectivity index (χ0) is 15.3.